The summed E-state index contributed by atoms with van der Waals surface area (Å²) < 4.78 is 65.9. The second-order valence-electron chi connectivity index (χ2n) is 33.8. The Balaban J connectivity index is 0.000000153. The number of aryl methyl sites for hydroxylation is 2. The van der Waals surface area contributed by atoms with E-state index in [0.717, 1.165) is 88.3 Å². The maximum Gasteiger partial charge on any atom is 0.330 e. The standard InChI is InChI=1S/C43H41NO6.2C40H34O6/c1-5-40(45)49-27-25-47-34-19-14-31(15-20-34)43(32-16-21-35(22-17-32)48-26-28-50-41(46)6-2)39-29-33(44(7-3)8-4)18-24-37(39)38-23-13-30-11-9-10-12-36(30)42(38)43;1-4-37(41)45-24-22-43-31-16-12-29(13-17-31)40(30-14-18-32(19-15-30)44-23-25-46-38(42)5-2)36-21-10-27(3)26-35(36)34-20-11-28-8-6-7-9-33(28)39(34)40;1-4-37(41)45-24-22-43-31-16-12-29(13-17-31)40(30-14-18-32(19-15-30)44-23-25-46-38(42)5-2)35-20-10-27(3)26-34(35)39-33-9-7-6-8-28(33)11-21-36(39)40/h5-6,9-24,29H,1-2,7-8,25-28H2,3-4H3;2*4-21,26H,1-2,22-25H2,3H3. The van der Waals surface area contributed by atoms with Gasteiger partial charge in [0.05, 0.1) is 16.2 Å². The third-order valence-corrected chi connectivity index (χ3v) is 25.8. The van der Waals surface area contributed by atoms with E-state index in [1.165, 1.54) is 111 Å². The Kier molecular flexibility index (Phi) is 31.1. The lowest BCUT2D eigenvalue weighted by Gasteiger charge is -2.35. The van der Waals surface area contributed by atoms with Gasteiger partial charge in [-0.15, -0.1) is 0 Å². The second-order valence-corrected chi connectivity index (χ2v) is 33.8. The van der Waals surface area contributed by atoms with Gasteiger partial charge < -0.3 is 61.7 Å². The molecule has 714 valence electrons. The van der Waals surface area contributed by atoms with Crippen molar-refractivity contribution in [1.82, 2.24) is 0 Å². The number of carbonyl (C=O) groups is 6. The third-order valence-electron chi connectivity index (χ3n) is 25.8. The van der Waals surface area contributed by atoms with Crippen LogP contribution in [0.25, 0.3) is 65.7 Å². The predicted octanol–water partition coefficient (Wildman–Crippen LogP) is 23.7. The van der Waals surface area contributed by atoms with Crippen LogP contribution in [0.5, 0.6) is 34.5 Å². The van der Waals surface area contributed by atoms with Gasteiger partial charge >= 0.3 is 35.8 Å². The first-order valence-corrected chi connectivity index (χ1v) is 47.2. The van der Waals surface area contributed by atoms with E-state index in [0.29, 0.717) is 34.5 Å². The van der Waals surface area contributed by atoms with Crippen LogP contribution >= 0.6 is 0 Å². The van der Waals surface area contributed by atoms with Gasteiger partial charge in [-0.3, -0.25) is 0 Å². The van der Waals surface area contributed by atoms with Crippen LogP contribution in [-0.2, 0) is 73.4 Å². The van der Waals surface area contributed by atoms with Gasteiger partial charge in [0.25, 0.3) is 0 Å². The summed E-state index contributed by atoms with van der Waals surface area (Å²) in [5.74, 6) is 1.19. The molecule has 0 fully saturated rings. The van der Waals surface area contributed by atoms with Crippen LogP contribution in [0.3, 0.4) is 0 Å². The molecule has 3 aliphatic carbocycles. The van der Waals surface area contributed by atoms with Crippen molar-refractivity contribution < 1.29 is 85.6 Å². The van der Waals surface area contributed by atoms with Gasteiger partial charge in [0.15, 0.2) is 0 Å². The SMILES string of the molecule is C=CC(=O)OCCOc1ccc(C2(c3ccc(OCCOC(=O)C=C)cc3)c3cc(N(CC)CC)ccc3-c3ccc4ccccc4c32)cc1.C=CC(=O)OCCOc1ccc(C2(c3ccc(OCCOC(=O)C=C)cc3)c3ccc(C)cc3-c3c2ccc2ccccc32)cc1.C=CC(=O)OCCOc1ccc(C2(c3ccc(OCCOC(=O)C=C)cc3)c3ccc(C)cc3-c3ccc4ccccc4c32)cc1. The van der Waals surface area contributed by atoms with Crippen molar-refractivity contribution in [1.29, 1.82) is 0 Å². The molecule has 0 unspecified atom stereocenters. The Morgan fingerprint density at radius 2 is 0.521 bits per heavy atom. The maximum atomic E-state index is 11.5. The van der Waals surface area contributed by atoms with Gasteiger partial charge in [-0.1, -0.05) is 275 Å². The van der Waals surface area contributed by atoms with Gasteiger partial charge in [0.2, 0.25) is 0 Å². The molecule has 0 atom stereocenters. The highest BCUT2D eigenvalue weighted by atomic mass is 16.6. The van der Waals surface area contributed by atoms with E-state index in [1.54, 1.807) is 0 Å². The lowest BCUT2D eigenvalue weighted by molar-refractivity contribution is -0.139. The normalized spacial score (nSPS) is 12.4. The number of hydrogen-bond acceptors (Lipinski definition) is 19. The molecular formula is C123H109NO18. The zero-order valence-corrected chi connectivity index (χ0v) is 79.8. The molecule has 0 heterocycles. The van der Waals surface area contributed by atoms with E-state index < -0.39 is 52.1 Å². The summed E-state index contributed by atoms with van der Waals surface area (Å²) in [6.45, 7) is 33.1. The maximum absolute atomic E-state index is 11.5. The number of fused-ring (bicyclic) bond motifs is 15. The van der Waals surface area contributed by atoms with Crippen LogP contribution in [0.1, 0.15) is 91.7 Å². The summed E-state index contributed by atoms with van der Waals surface area (Å²) in [5, 5.41) is 7.08. The van der Waals surface area contributed by atoms with Crippen molar-refractivity contribution in [3.8, 4) is 67.9 Å². The molecule has 0 bridgehead atoms. The number of benzene rings is 15. The first-order chi connectivity index (χ1) is 69.3. The Bertz CT molecular complexity index is 7000. The first kappa shape index (κ1) is 98.0. The van der Waals surface area contributed by atoms with Crippen molar-refractivity contribution in [2.24, 2.45) is 0 Å². The fraction of sp³-hybridized carbons (Fsp3) is 0.171. The van der Waals surface area contributed by atoms with E-state index in [-0.39, 0.29) is 79.3 Å². The predicted molar refractivity (Wildman–Crippen MR) is 557 cm³/mol. The number of carbonyl (C=O) groups excluding carboxylic acids is 6. The quantitative estimate of drug-likeness (QED) is 0.0151. The zero-order chi connectivity index (χ0) is 99.3. The molecule has 0 radical (unpaired) electrons. The number of ether oxygens (including phenoxy) is 12. The largest absolute Gasteiger partial charge is 0.490 e. The summed E-state index contributed by atoms with van der Waals surface area (Å²) in [5.41, 5.74) is 22.5. The van der Waals surface area contributed by atoms with Gasteiger partial charge in [-0.2, -0.15) is 0 Å². The monoisotopic (exact) mass is 1890 g/mol. The number of nitrogens with zero attached hydrogens (tertiary/aromatic N) is 1. The molecule has 19 nitrogen and oxygen atoms in total. The summed E-state index contributed by atoms with van der Waals surface area (Å²) in [6, 6.07) is 108. The minimum absolute atomic E-state index is 0.128. The van der Waals surface area contributed by atoms with E-state index in [1.807, 2.05) is 72.8 Å². The molecule has 142 heavy (non-hydrogen) atoms. The van der Waals surface area contributed by atoms with Crippen molar-refractivity contribution in [2.75, 3.05) is 97.3 Å². The minimum atomic E-state index is -0.690. The zero-order valence-electron chi connectivity index (χ0n) is 79.8. The fourth-order valence-corrected chi connectivity index (χ4v) is 19.6. The molecular weight excluding hydrogens is 1780 g/mol. The lowest BCUT2D eigenvalue weighted by atomic mass is 9.66. The average molecular weight is 1890 g/mol. The van der Waals surface area contributed by atoms with Crippen molar-refractivity contribution in [2.45, 2.75) is 43.9 Å². The minimum Gasteiger partial charge on any atom is -0.490 e. The van der Waals surface area contributed by atoms with Crippen LogP contribution in [0, 0.1) is 13.8 Å². The van der Waals surface area contributed by atoms with Gasteiger partial charge in [-0.05, 0) is 245 Å². The van der Waals surface area contributed by atoms with E-state index in [2.05, 4.69) is 309 Å². The van der Waals surface area contributed by atoms with Crippen molar-refractivity contribution in [3.63, 3.8) is 0 Å². The van der Waals surface area contributed by atoms with E-state index >= 15 is 0 Å². The summed E-state index contributed by atoms with van der Waals surface area (Å²) in [4.78, 5) is 70.9. The summed E-state index contributed by atoms with van der Waals surface area (Å²) >= 11 is 0. The molecule has 0 saturated carbocycles. The Morgan fingerprint density at radius 3 is 0.852 bits per heavy atom. The van der Waals surface area contributed by atoms with Gasteiger partial charge in [0, 0.05) is 55.2 Å². The smallest absolute Gasteiger partial charge is 0.330 e. The summed E-state index contributed by atoms with van der Waals surface area (Å²) in [7, 11) is 0. The van der Waals surface area contributed by atoms with Crippen LogP contribution in [-0.4, -0.2) is 128 Å². The molecule has 0 amide bonds. The third kappa shape index (κ3) is 20.3. The van der Waals surface area contributed by atoms with Crippen LogP contribution < -0.4 is 33.3 Å². The molecule has 0 spiro atoms. The highest BCUT2D eigenvalue weighted by Gasteiger charge is 2.51. The molecule has 3 aliphatic rings. The number of hydrogen-bond donors (Lipinski definition) is 0. The van der Waals surface area contributed by atoms with Crippen LogP contribution in [0.4, 0.5) is 5.69 Å². The number of anilines is 1. The fourth-order valence-electron chi connectivity index (χ4n) is 19.6. The Morgan fingerprint density at radius 1 is 0.254 bits per heavy atom. The Hall–Kier alpha value is -17.1. The van der Waals surface area contributed by atoms with Gasteiger partial charge in [0.1, 0.15) is 114 Å². The molecule has 0 saturated heterocycles. The molecule has 15 aromatic carbocycles. The van der Waals surface area contributed by atoms with Crippen LogP contribution in [0.15, 0.2) is 385 Å². The lowest BCUT2D eigenvalue weighted by Crippen LogP contribution is -2.29. The molecule has 0 N–H and O–H groups in total. The molecule has 15 aromatic rings. The highest BCUT2D eigenvalue weighted by Crippen LogP contribution is 2.63. The van der Waals surface area contributed by atoms with Crippen LogP contribution in [0.2, 0.25) is 0 Å². The molecule has 0 aromatic heterocycles. The summed E-state index contributed by atoms with van der Waals surface area (Å²) in [6.07, 6.45) is 6.82. The average Bonchev–Trinajstić information content (AvgIpc) is 1.54. The number of esters is 6. The molecule has 19 heteroatoms. The highest BCUT2D eigenvalue weighted by molar-refractivity contribution is 6.06. The second kappa shape index (κ2) is 45.0. The molecule has 0 aliphatic heterocycles. The Labute approximate surface area is 826 Å². The van der Waals surface area contributed by atoms with Gasteiger partial charge in [-0.25, -0.2) is 28.8 Å². The first-order valence-electron chi connectivity index (χ1n) is 47.2. The van der Waals surface area contributed by atoms with E-state index in [9.17, 15) is 28.8 Å². The van der Waals surface area contributed by atoms with E-state index in [4.69, 9.17) is 56.8 Å². The van der Waals surface area contributed by atoms with Crippen molar-refractivity contribution in [3.05, 3.63) is 463 Å². The van der Waals surface area contributed by atoms with Crippen molar-refractivity contribution >= 4 is 73.8 Å². The number of rotatable bonds is 39. The topological polar surface area (TPSA) is 216 Å². The molecule has 18 rings (SSSR count).